The molecular weight excluding hydrogens is 552 g/mol. The first-order chi connectivity index (χ1) is 19.9. The number of benzene rings is 3. The Labute approximate surface area is 238 Å². The van der Waals surface area contributed by atoms with Crippen molar-refractivity contribution in [3.63, 3.8) is 0 Å². The summed E-state index contributed by atoms with van der Waals surface area (Å²) in [4.78, 5) is 23.4. The van der Waals surface area contributed by atoms with Gasteiger partial charge in [-0.15, -0.1) is 0 Å². The van der Waals surface area contributed by atoms with Crippen molar-refractivity contribution in [2.75, 3.05) is 0 Å². The van der Waals surface area contributed by atoms with Crippen molar-refractivity contribution < 1.29 is 59.5 Å². The minimum atomic E-state index is -1.62. The van der Waals surface area contributed by atoms with Gasteiger partial charge in [-0.25, -0.2) is 4.79 Å². The number of carboxylic acid groups (broad SMARTS) is 1. The summed E-state index contributed by atoms with van der Waals surface area (Å²) in [5.41, 5.74) is 0.920. The molecule has 0 aromatic heterocycles. The molecule has 1 aliphatic carbocycles. The monoisotopic (exact) mass is 580 g/mol. The van der Waals surface area contributed by atoms with Crippen molar-refractivity contribution in [3.05, 3.63) is 83.4 Å². The van der Waals surface area contributed by atoms with Gasteiger partial charge in [0.1, 0.15) is 28.9 Å². The van der Waals surface area contributed by atoms with E-state index in [0.29, 0.717) is 0 Å². The van der Waals surface area contributed by atoms with Gasteiger partial charge < -0.3 is 50.0 Å². The zero-order chi connectivity index (χ0) is 30.3. The summed E-state index contributed by atoms with van der Waals surface area (Å²) >= 11 is 0. The topological polar surface area (TPSA) is 203 Å². The van der Waals surface area contributed by atoms with Crippen LogP contribution in [-0.2, 0) is 14.3 Å². The van der Waals surface area contributed by atoms with Gasteiger partial charge in [0.2, 0.25) is 11.6 Å². The molecule has 7 atom stereocenters. The average Bonchev–Trinajstić information content (AvgIpc) is 3.40. The van der Waals surface area contributed by atoms with E-state index >= 15 is 0 Å². The number of phenolic OH excluding ortho intramolecular Hbond substituents is 4. The fraction of sp³-hybridized carbons (Fsp3) is 0.267. The number of aliphatic carboxylic acids is 1. The zero-order valence-corrected chi connectivity index (χ0v) is 22.1. The molecule has 1 saturated carbocycles. The largest absolute Gasteiger partial charge is 0.508 e. The number of phenols is 4. The number of fused-ring (bicyclic) bond motifs is 2. The number of hydrogen-bond acceptors (Lipinski definition) is 11. The highest BCUT2D eigenvalue weighted by Gasteiger charge is 2.77. The van der Waals surface area contributed by atoms with Crippen LogP contribution in [0.4, 0.5) is 0 Å². The molecular formula is C30H28O12. The van der Waals surface area contributed by atoms with Crippen LogP contribution in [0.25, 0.3) is 6.08 Å². The Morgan fingerprint density at radius 3 is 2.31 bits per heavy atom. The molecule has 3 aliphatic rings. The molecule has 12 heteroatoms. The average molecular weight is 581 g/mol. The van der Waals surface area contributed by atoms with E-state index in [1.807, 2.05) is 30.3 Å². The van der Waals surface area contributed by atoms with E-state index in [1.165, 1.54) is 18.2 Å². The number of ketones is 1. The lowest BCUT2D eigenvalue weighted by molar-refractivity contribution is -0.222. The van der Waals surface area contributed by atoms with E-state index in [0.717, 1.165) is 23.8 Å². The molecule has 1 saturated heterocycles. The minimum Gasteiger partial charge on any atom is -0.508 e. The molecule has 220 valence electrons. The molecule has 12 nitrogen and oxygen atoms in total. The minimum absolute atomic E-state index is 0.106. The molecule has 0 amide bonds. The van der Waals surface area contributed by atoms with E-state index in [9.17, 15) is 40.2 Å². The first kappa shape index (κ1) is 28.9. The van der Waals surface area contributed by atoms with Crippen molar-refractivity contribution in [3.8, 4) is 28.7 Å². The van der Waals surface area contributed by atoms with E-state index in [1.54, 1.807) is 13.0 Å². The number of carbonyl (C=O) groups is 2. The van der Waals surface area contributed by atoms with E-state index in [-0.39, 0.29) is 28.4 Å². The maximum absolute atomic E-state index is 13.3. The van der Waals surface area contributed by atoms with Crippen LogP contribution in [0.15, 0.2) is 66.7 Å². The second kappa shape index (κ2) is 11.0. The molecule has 0 spiro atoms. The number of ether oxygens (including phenoxy) is 3. The van der Waals surface area contributed by atoms with E-state index in [4.69, 9.17) is 19.3 Å². The number of rotatable bonds is 5. The van der Waals surface area contributed by atoms with Crippen molar-refractivity contribution >= 4 is 17.8 Å². The first-order valence-electron chi connectivity index (χ1n) is 12.9. The van der Waals surface area contributed by atoms with E-state index < -0.39 is 65.5 Å². The number of aromatic hydroxyl groups is 4. The van der Waals surface area contributed by atoms with Gasteiger partial charge in [0.25, 0.3) is 0 Å². The number of Topliss-reactive ketones (excluding diaryl/α,β-unsaturated/α-hetero) is 1. The van der Waals surface area contributed by atoms with Crippen LogP contribution in [0.3, 0.4) is 0 Å². The number of hydrogen-bond donors (Lipinski definition) is 7. The van der Waals surface area contributed by atoms with Crippen LogP contribution in [0.1, 0.15) is 34.5 Å². The van der Waals surface area contributed by atoms with E-state index in [2.05, 4.69) is 0 Å². The van der Waals surface area contributed by atoms with Crippen LogP contribution in [-0.4, -0.2) is 77.7 Å². The van der Waals surface area contributed by atoms with Crippen molar-refractivity contribution in [1.29, 1.82) is 0 Å². The molecule has 3 aromatic rings. The Morgan fingerprint density at radius 1 is 0.952 bits per heavy atom. The maximum Gasteiger partial charge on any atom is 0.328 e. The predicted octanol–water partition coefficient (Wildman–Crippen LogP) is 2.46. The SMILES string of the molecule is CC1OC2(OC3C(=O)c4c(O)cc(O)cc4OC3c3ccc(O)c(O)c3)C(O)C2C1O.O=C(O)C=Cc1ccccc1. The van der Waals surface area contributed by atoms with Gasteiger partial charge in [-0.05, 0) is 36.3 Å². The third kappa shape index (κ3) is 5.23. The summed E-state index contributed by atoms with van der Waals surface area (Å²) in [6.45, 7) is 1.60. The highest BCUT2D eigenvalue weighted by molar-refractivity contribution is 6.06. The van der Waals surface area contributed by atoms with Crippen molar-refractivity contribution in [1.82, 2.24) is 0 Å². The normalized spacial score (nSPS) is 29.2. The number of aliphatic hydroxyl groups is 2. The Hall–Kier alpha value is -4.62. The van der Waals surface area contributed by atoms with Gasteiger partial charge in [-0.3, -0.25) is 4.79 Å². The lowest BCUT2D eigenvalue weighted by atomic mass is 9.92. The van der Waals surface area contributed by atoms with Gasteiger partial charge in [-0.2, -0.15) is 0 Å². The van der Waals surface area contributed by atoms with Gasteiger partial charge in [0, 0.05) is 18.2 Å². The summed E-state index contributed by atoms with van der Waals surface area (Å²) in [6.07, 6.45) is -2.76. The van der Waals surface area contributed by atoms with Crippen molar-refractivity contribution in [2.24, 2.45) is 5.92 Å². The Morgan fingerprint density at radius 2 is 1.67 bits per heavy atom. The molecule has 42 heavy (non-hydrogen) atoms. The van der Waals surface area contributed by atoms with Gasteiger partial charge >= 0.3 is 5.97 Å². The lowest BCUT2D eigenvalue weighted by Gasteiger charge is -2.35. The molecule has 6 rings (SSSR count). The molecule has 3 aromatic carbocycles. The number of carbonyl (C=O) groups excluding carboxylic acids is 1. The second-order valence-electron chi connectivity index (χ2n) is 10.1. The highest BCUT2D eigenvalue weighted by atomic mass is 16.8. The summed E-state index contributed by atoms with van der Waals surface area (Å²) in [5, 5.41) is 68.4. The standard InChI is InChI=1S/C21H20O10.C9H8O2/c1-7-16(26)15-20(28)21(15,30-7)31-19-17(27)14-12(25)5-9(22)6-13(14)29-18(19)8-2-3-10(23)11(24)4-8;10-9(11)7-6-8-4-2-1-3-5-8/h2-7,15-16,18-20,22-26,28H,1H3;1-7H,(H,10,11). The lowest BCUT2D eigenvalue weighted by Crippen LogP contribution is -2.43. The highest BCUT2D eigenvalue weighted by Crippen LogP contribution is 2.59. The molecule has 2 aliphatic heterocycles. The van der Waals surface area contributed by atoms with Gasteiger partial charge in [0.15, 0.2) is 23.7 Å². The second-order valence-corrected chi connectivity index (χ2v) is 10.1. The Balaban J connectivity index is 0.000000271. The van der Waals surface area contributed by atoms with Crippen LogP contribution < -0.4 is 4.74 Å². The molecule has 0 radical (unpaired) electrons. The molecule has 2 fully saturated rings. The molecule has 2 heterocycles. The number of aliphatic hydroxyl groups excluding tert-OH is 2. The summed E-state index contributed by atoms with van der Waals surface area (Å²) in [7, 11) is 0. The maximum atomic E-state index is 13.3. The first-order valence-corrected chi connectivity index (χ1v) is 12.9. The third-order valence-corrected chi connectivity index (χ3v) is 7.28. The third-order valence-electron chi connectivity index (χ3n) is 7.28. The van der Waals surface area contributed by atoms with Crippen LogP contribution in [0.2, 0.25) is 0 Å². The van der Waals surface area contributed by atoms with Gasteiger partial charge in [0.05, 0.1) is 18.1 Å². The quantitative estimate of drug-likeness (QED) is 0.172. The molecule has 7 N–H and O–H groups in total. The molecule has 0 bridgehead atoms. The van der Waals surface area contributed by atoms with Crippen LogP contribution in [0, 0.1) is 5.92 Å². The Bertz CT molecular complexity index is 1540. The van der Waals surface area contributed by atoms with Crippen LogP contribution in [0.5, 0.6) is 28.7 Å². The number of carboxylic acids is 1. The zero-order valence-electron chi connectivity index (χ0n) is 22.1. The predicted molar refractivity (Wildman–Crippen MR) is 144 cm³/mol. The fourth-order valence-corrected chi connectivity index (χ4v) is 5.16. The van der Waals surface area contributed by atoms with Gasteiger partial charge in [-0.1, -0.05) is 36.4 Å². The summed E-state index contributed by atoms with van der Waals surface area (Å²) in [5.74, 6) is -5.81. The van der Waals surface area contributed by atoms with Crippen LogP contribution >= 0.6 is 0 Å². The fourth-order valence-electron chi connectivity index (χ4n) is 5.16. The van der Waals surface area contributed by atoms with Crippen molar-refractivity contribution in [2.45, 2.75) is 43.2 Å². The molecule has 7 unspecified atom stereocenters. The summed E-state index contributed by atoms with van der Waals surface area (Å²) < 4.78 is 17.4. The Kier molecular flexibility index (Phi) is 7.56. The summed E-state index contributed by atoms with van der Waals surface area (Å²) in [6, 6.07) is 15.2. The smallest absolute Gasteiger partial charge is 0.328 e.